The molecular weight excluding hydrogens is 468 g/mol. The third-order valence-corrected chi connectivity index (χ3v) is 6.49. The lowest BCUT2D eigenvalue weighted by Gasteiger charge is -2.42. The summed E-state index contributed by atoms with van der Waals surface area (Å²) in [5.41, 5.74) is 1.45. The predicted octanol–water partition coefficient (Wildman–Crippen LogP) is 1.40. The Hall–Kier alpha value is -3.31. The fraction of sp³-hybridized carbons (Fsp3) is 0.560. The largest absolute Gasteiger partial charge is 0.497 e. The van der Waals surface area contributed by atoms with Crippen LogP contribution in [0.3, 0.4) is 0 Å². The molecule has 0 radical (unpaired) electrons. The molecule has 1 fully saturated rings. The van der Waals surface area contributed by atoms with Gasteiger partial charge in [0.2, 0.25) is 5.91 Å². The second-order valence-electron chi connectivity index (χ2n) is 8.73. The minimum absolute atomic E-state index is 0.0372. The van der Waals surface area contributed by atoms with Crippen LogP contribution in [0.1, 0.15) is 25.5 Å². The summed E-state index contributed by atoms with van der Waals surface area (Å²) in [5.74, 6) is 0.492. The van der Waals surface area contributed by atoms with E-state index in [2.05, 4.69) is 10.2 Å². The van der Waals surface area contributed by atoms with Crippen molar-refractivity contribution in [1.82, 2.24) is 20.0 Å². The summed E-state index contributed by atoms with van der Waals surface area (Å²) >= 11 is 0. The first kappa shape index (κ1) is 27.3. The van der Waals surface area contributed by atoms with Crippen molar-refractivity contribution in [2.45, 2.75) is 25.9 Å². The maximum absolute atomic E-state index is 13.3. The summed E-state index contributed by atoms with van der Waals surface area (Å²) in [6.45, 7) is 5.96. The normalized spacial score (nSPS) is 20.8. The molecule has 1 N–H and O–H groups in total. The van der Waals surface area contributed by atoms with Crippen molar-refractivity contribution in [2.24, 2.45) is 0 Å². The van der Waals surface area contributed by atoms with E-state index in [1.54, 1.807) is 44.2 Å². The molecule has 36 heavy (non-hydrogen) atoms. The molecule has 3 amide bonds. The number of hydrogen-bond donors (Lipinski definition) is 1. The Morgan fingerprint density at radius 2 is 1.89 bits per heavy atom. The first-order valence-corrected chi connectivity index (χ1v) is 11.9. The van der Waals surface area contributed by atoms with Crippen LogP contribution >= 0.6 is 0 Å². The smallest absolute Gasteiger partial charge is 0.338 e. The molecule has 0 spiro atoms. The number of likely N-dealkylation sites (N-methyl/N-ethyl adjacent to an activating group) is 1. The van der Waals surface area contributed by atoms with E-state index in [0.29, 0.717) is 54.5 Å². The second-order valence-corrected chi connectivity index (χ2v) is 8.73. The predicted molar refractivity (Wildman–Crippen MR) is 132 cm³/mol. The molecule has 0 aromatic heterocycles. The Bertz CT molecular complexity index is 1010. The Kier molecular flexibility index (Phi) is 9.16. The molecule has 0 aliphatic carbocycles. The van der Waals surface area contributed by atoms with E-state index < -0.39 is 12.0 Å². The van der Waals surface area contributed by atoms with Gasteiger partial charge in [-0.1, -0.05) is 0 Å². The number of nitrogens with zero attached hydrogens (tertiary/aromatic N) is 3. The van der Waals surface area contributed by atoms with Crippen LogP contribution in [-0.4, -0.2) is 106 Å². The van der Waals surface area contributed by atoms with Gasteiger partial charge in [-0.15, -0.1) is 0 Å². The van der Waals surface area contributed by atoms with E-state index in [0.717, 1.165) is 0 Å². The average Bonchev–Trinajstić information content (AvgIpc) is 2.86. The van der Waals surface area contributed by atoms with Gasteiger partial charge in [-0.25, -0.2) is 9.59 Å². The molecule has 3 rings (SSSR count). The quantitative estimate of drug-likeness (QED) is 0.503. The lowest BCUT2D eigenvalue weighted by atomic mass is 9.93. The van der Waals surface area contributed by atoms with Crippen molar-refractivity contribution in [3.8, 4) is 11.5 Å². The van der Waals surface area contributed by atoms with Gasteiger partial charge in [0.25, 0.3) is 0 Å². The number of urea groups is 1. The first-order chi connectivity index (χ1) is 17.2. The van der Waals surface area contributed by atoms with E-state index >= 15 is 0 Å². The molecule has 1 saturated heterocycles. The number of carbonyl (C=O) groups excluding carboxylic acids is 3. The molecule has 0 bridgehead atoms. The number of ether oxygens (including phenoxy) is 4. The van der Waals surface area contributed by atoms with Crippen LogP contribution < -0.4 is 14.8 Å². The van der Waals surface area contributed by atoms with Crippen molar-refractivity contribution in [1.29, 1.82) is 0 Å². The summed E-state index contributed by atoms with van der Waals surface area (Å²) < 4.78 is 21.4. The minimum Gasteiger partial charge on any atom is -0.497 e. The average molecular weight is 505 g/mol. The van der Waals surface area contributed by atoms with Crippen LogP contribution in [0.5, 0.6) is 11.5 Å². The van der Waals surface area contributed by atoms with Gasteiger partial charge in [0.05, 0.1) is 32.4 Å². The third kappa shape index (κ3) is 5.73. The van der Waals surface area contributed by atoms with Gasteiger partial charge in [0, 0.05) is 57.6 Å². The van der Waals surface area contributed by atoms with Crippen LogP contribution in [0.4, 0.5) is 4.79 Å². The van der Waals surface area contributed by atoms with E-state index in [4.69, 9.17) is 18.9 Å². The highest BCUT2D eigenvalue weighted by Crippen LogP contribution is 2.38. The zero-order valence-corrected chi connectivity index (χ0v) is 21.8. The molecular formula is C25H36N4O7. The van der Waals surface area contributed by atoms with Crippen molar-refractivity contribution < 1.29 is 33.3 Å². The molecule has 1 aromatic carbocycles. The number of piperazine rings is 1. The second kappa shape index (κ2) is 12.1. The highest BCUT2D eigenvalue weighted by atomic mass is 16.5. The highest BCUT2D eigenvalue weighted by Gasteiger charge is 2.39. The van der Waals surface area contributed by atoms with Crippen LogP contribution in [0.2, 0.25) is 0 Å². The summed E-state index contributed by atoms with van der Waals surface area (Å²) in [5, 5.41) is 2.92. The SMILES string of the molecule is CCOC(=O)C1=C(CN2CCN(C(=O)COC)C(C)C2)N(C)C(=O)NC1c1cc(OC)ccc1OC. The Balaban J connectivity index is 2.01. The molecule has 11 heteroatoms. The zero-order valence-electron chi connectivity index (χ0n) is 21.8. The third-order valence-electron chi connectivity index (χ3n) is 6.49. The number of carbonyl (C=O) groups is 3. The van der Waals surface area contributed by atoms with Crippen LogP contribution in [0, 0.1) is 0 Å². The fourth-order valence-corrected chi connectivity index (χ4v) is 4.66. The lowest BCUT2D eigenvalue weighted by Crippen LogP contribution is -2.56. The Morgan fingerprint density at radius 1 is 1.14 bits per heavy atom. The molecule has 1 aromatic rings. The number of rotatable bonds is 9. The minimum atomic E-state index is -0.796. The summed E-state index contributed by atoms with van der Waals surface area (Å²) in [4.78, 5) is 44.1. The van der Waals surface area contributed by atoms with Gasteiger partial charge in [0.1, 0.15) is 18.1 Å². The highest BCUT2D eigenvalue weighted by molar-refractivity contribution is 5.95. The zero-order chi connectivity index (χ0) is 26.4. The van der Waals surface area contributed by atoms with Gasteiger partial charge >= 0.3 is 12.0 Å². The van der Waals surface area contributed by atoms with Crippen LogP contribution in [0.25, 0.3) is 0 Å². The summed E-state index contributed by atoms with van der Waals surface area (Å²) in [6.07, 6.45) is 0. The van der Waals surface area contributed by atoms with Crippen LogP contribution in [0.15, 0.2) is 29.5 Å². The fourth-order valence-electron chi connectivity index (χ4n) is 4.66. The molecule has 198 valence electrons. The van der Waals surface area contributed by atoms with E-state index in [1.165, 1.54) is 19.1 Å². The van der Waals surface area contributed by atoms with E-state index in [1.807, 2.05) is 6.92 Å². The lowest BCUT2D eigenvalue weighted by molar-refractivity contribution is -0.139. The molecule has 2 unspecified atom stereocenters. The number of esters is 1. The molecule has 11 nitrogen and oxygen atoms in total. The Labute approximate surface area is 211 Å². The number of amides is 3. The van der Waals surface area contributed by atoms with Crippen molar-refractivity contribution in [3.05, 3.63) is 35.0 Å². The number of benzene rings is 1. The number of nitrogens with one attached hydrogen (secondary N) is 1. The van der Waals surface area contributed by atoms with E-state index in [-0.39, 0.29) is 31.2 Å². The molecule has 2 aliphatic rings. The molecule has 2 atom stereocenters. The van der Waals surface area contributed by atoms with Gasteiger partial charge in [-0.3, -0.25) is 14.6 Å². The standard InChI is InChI=1S/C25H36N4O7/c1-7-36-24(31)22-19(14-28-10-11-29(16(2)13-28)21(30)15-33-4)27(3)25(32)26-23(22)18-12-17(34-5)8-9-20(18)35-6/h8-9,12,16,23H,7,10-11,13-15H2,1-6H3,(H,26,32). The molecule has 2 aliphatic heterocycles. The summed E-state index contributed by atoms with van der Waals surface area (Å²) in [7, 11) is 6.21. The number of hydrogen-bond acceptors (Lipinski definition) is 8. The topological polar surface area (TPSA) is 110 Å². The van der Waals surface area contributed by atoms with Gasteiger partial charge < -0.3 is 29.2 Å². The maximum Gasteiger partial charge on any atom is 0.338 e. The van der Waals surface area contributed by atoms with Crippen molar-refractivity contribution in [3.63, 3.8) is 0 Å². The number of methoxy groups -OCH3 is 3. The van der Waals surface area contributed by atoms with E-state index in [9.17, 15) is 14.4 Å². The Morgan fingerprint density at radius 3 is 2.50 bits per heavy atom. The van der Waals surface area contributed by atoms with Gasteiger partial charge in [-0.2, -0.15) is 0 Å². The van der Waals surface area contributed by atoms with Crippen molar-refractivity contribution >= 4 is 17.9 Å². The van der Waals surface area contributed by atoms with Crippen molar-refractivity contribution in [2.75, 3.05) is 67.8 Å². The van der Waals surface area contributed by atoms with Gasteiger partial charge in [-0.05, 0) is 32.0 Å². The molecule has 0 saturated carbocycles. The van der Waals surface area contributed by atoms with Gasteiger partial charge in [0.15, 0.2) is 0 Å². The molecule has 2 heterocycles. The summed E-state index contributed by atoms with van der Waals surface area (Å²) in [6, 6.07) is 4.03. The maximum atomic E-state index is 13.3. The van der Waals surface area contributed by atoms with Crippen LogP contribution in [-0.2, 0) is 19.1 Å². The monoisotopic (exact) mass is 504 g/mol. The first-order valence-electron chi connectivity index (χ1n) is 11.9.